The summed E-state index contributed by atoms with van der Waals surface area (Å²) < 4.78 is 0. The molecule has 0 bridgehead atoms. The zero-order valence-electron chi connectivity index (χ0n) is 10.5. The number of nitrogens with one attached hydrogen (secondary N) is 1. The van der Waals surface area contributed by atoms with E-state index >= 15 is 0 Å². The highest BCUT2D eigenvalue weighted by atomic mass is 32.2. The zero-order valence-corrected chi connectivity index (χ0v) is 11.3. The van der Waals surface area contributed by atoms with E-state index in [1.807, 2.05) is 31.2 Å². The second kappa shape index (κ2) is 5.63. The summed E-state index contributed by atoms with van der Waals surface area (Å²) in [5.74, 6) is 2.09. The van der Waals surface area contributed by atoms with Gasteiger partial charge in [0.25, 0.3) is 0 Å². The molecule has 1 aliphatic heterocycles. The number of benzene rings is 1. The first-order valence-corrected chi connectivity index (χ1v) is 7.17. The summed E-state index contributed by atoms with van der Waals surface area (Å²) in [6.07, 6.45) is 0.791. The maximum Gasteiger partial charge on any atom is 0.193 e. The molecule has 1 aliphatic rings. The fraction of sp³-hybridized carbons (Fsp3) is 0.462. The van der Waals surface area contributed by atoms with Crippen molar-refractivity contribution in [3.8, 4) is 0 Å². The number of anilines is 1. The predicted octanol–water partition coefficient (Wildman–Crippen LogP) is 1.59. The summed E-state index contributed by atoms with van der Waals surface area (Å²) in [5, 5.41) is 13.2. The van der Waals surface area contributed by atoms with Gasteiger partial charge < -0.3 is 16.2 Å². The maximum atomic E-state index is 10.1. The van der Waals surface area contributed by atoms with Crippen LogP contribution in [0.1, 0.15) is 12.0 Å². The number of hydrogen-bond donors (Lipinski definition) is 3. The second-order valence-electron chi connectivity index (χ2n) is 4.72. The molecule has 18 heavy (non-hydrogen) atoms. The van der Waals surface area contributed by atoms with Gasteiger partial charge in [0.2, 0.25) is 0 Å². The third-order valence-corrected chi connectivity index (χ3v) is 4.18. The zero-order chi connectivity index (χ0) is 13.0. The van der Waals surface area contributed by atoms with Crippen LogP contribution in [-0.4, -0.2) is 34.7 Å². The molecule has 1 aromatic rings. The summed E-state index contributed by atoms with van der Waals surface area (Å²) in [5.41, 5.74) is 7.24. The van der Waals surface area contributed by atoms with Crippen LogP contribution in [0.3, 0.4) is 0 Å². The molecule has 0 amide bonds. The predicted molar refractivity (Wildman–Crippen MR) is 78.2 cm³/mol. The average molecular weight is 265 g/mol. The van der Waals surface area contributed by atoms with E-state index in [2.05, 4.69) is 10.3 Å². The van der Waals surface area contributed by atoms with Crippen LogP contribution in [0, 0.1) is 6.92 Å². The Labute approximate surface area is 112 Å². The van der Waals surface area contributed by atoms with Crippen LogP contribution in [0.15, 0.2) is 29.3 Å². The van der Waals surface area contributed by atoms with Crippen molar-refractivity contribution in [1.29, 1.82) is 0 Å². The Bertz CT molecular complexity index is 424. The Morgan fingerprint density at radius 2 is 2.22 bits per heavy atom. The third-order valence-electron chi connectivity index (χ3n) is 2.95. The van der Waals surface area contributed by atoms with Gasteiger partial charge in [0, 0.05) is 11.4 Å². The van der Waals surface area contributed by atoms with Gasteiger partial charge in [-0.2, -0.15) is 11.8 Å². The van der Waals surface area contributed by atoms with E-state index in [0.717, 1.165) is 23.6 Å². The molecule has 0 radical (unpaired) electrons. The molecule has 0 aliphatic carbocycles. The van der Waals surface area contributed by atoms with E-state index in [-0.39, 0.29) is 0 Å². The van der Waals surface area contributed by atoms with Crippen LogP contribution in [-0.2, 0) is 0 Å². The number of thioether (sulfide) groups is 1. The summed E-state index contributed by atoms with van der Waals surface area (Å²) in [4.78, 5) is 4.22. The molecule has 5 heteroatoms. The number of aryl methyl sites for hydroxylation is 1. The van der Waals surface area contributed by atoms with Crippen molar-refractivity contribution in [1.82, 2.24) is 0 Å². The van der Waals surface area contributed by atoms with Crippen LogP contribution < -0.4 is 11.1 Å². The number of aliphatic imine (C=N–C) groups is 1. The highest BCUT2D eigenvalue weighted by molar-refractivity contribution is 7.99. The largest absolute Gasteiger partial charge is 0.387 e. The van der Waals surface area contributed by atoms with Gasteiger partial charge >= 0.3 is 0 Å². The second-order valence-corrected chi connectivity index (χ2v) is 5.82. The average Bonchev–Trinajstić information content (AvgIpc) is 2.78. The maximum absolute atomic E-state index is 10.1. The van der Waals surface area contributed by atoms with Crippen LogP contribution in [0.2, 0.25) is 0 Å². The lowest BCUT2D eigenvalue weighted by molar-refractivity contribution is 0.0780. The molecule has 1 unspecified atom stereocenters. The van der Waals surface area contributed by atoms with Crippen LogP contribution in [0.25, 0.3) is 0 Å². The number of nitrogens with zero attached hydrogens (tertiary/aromatic N) is 1. The highest BCUT2D eigenvalue weighted by Crippen LogP contribution is 2.27. The normalized spacial score (nSPS) is 24.2. The summed E-state index contributed by atoms with van der Waals surface area (Å²) in [6, 6.07) is 7.93. The van der Waals surface area contributed by atoms with Gasteiger partial charge in [-0.3, -0.25) is 4.99 Å². The van der Waals surface area contributed by atoms with Crippen molar-refractivity contribution in [2.24, 2.45) is 10.7 Å². The third kappa shape index (κ3) is 3.65. The van der Waals surface area contributed by atoms with Gasteiger partial charge in [-0.15, -0.1) is 0 Å². The van der Waals surface area contributed by atoms with Crippen molar-refractivity contribution in [3.63, 3.8) is 0 Å². The summed E-state index contributed by atoms with van der Waals surface area (Å²) >= 11 is 1.76. The lowest BCUT2D eigenvalue weighted by Crippen LogP contribution is -2.34. The van der Waals surface area contributed by atoms with E-state index in [4.69, 9.17) is 5.73 Å². The van der Waals surface area contributed by atoms with Gasteiger partial charge in [0.15, 0.2) is 5.96 Å². The van der Waals surface area contributed by atoms with Crippen molar-refractivity contribution in [2.75, 3.05) is 23.4 Å². The Kier molecular flexibility index (Phi) is 4.14. The molecule has 1 fully saturated rings. The van der Waals surface area contributed by atoms with E-state index in [1.54, 1.807) is 11.8 Å². The van der Waals surface area contributed by atoms with Crippen LogP contribution in [0.5, 0.6) is 0 Å². The Morgan fingerprint density at radius 1 is 1.50 bits per heavy atom. The summed E-state index contributed by atoms with van der Waals surface area (Å²) in [7, 11) is 0. The number of hydrogen-bond acceptors (Lipinski definition) is 3. The fourth-order valence-corrected chi connectivity index (χ4v) is 3.06. The van der Waals surface area contributed by atoms with Gasteiger partial charge in [-0.05, 0) is 31.2 Å². The molecule has 4 N–H and O–H groups in total. The monoisotopic (exact) mass is 265 g/mol. The molecule has 4 nitrogen and oxygen atoms in total. The molecule has 0 saturated carbocycles. The van der Waals surface area contributed by atoms with Crippen LogP contribution in [0.4, 0.5) is 5.69 Å². The molecule has 1 aromatic carbocycles. The minimum Gasteiger partial charge on any atom is -0.387 e. The van der Waals surface area contributed by atoms with Crippen molar-refractivity contribution >= 4 is 23.4 Å². The first kappa shape index (κ1) is 13.2. The van der Waals surface area contributed by atoms with Gasteiger partial charge in [0.05, 0.1) is 12.1 Å². The molecule has 2 rings (SSSR count). The van der Waals surface area contributed by atoms with Gasteiger partial charge in [0.1, 0.15) is 0 Å². The molecular weight excluding hydrogens is 246 g/mol. The Hall–Kier alpha value is -1.20. The molecule has 1 atom stereocenters. The Morgan fingerprint density at radius 3 is 2.83 bits per heavy atom. The number of nitrogens with two attached hydrogens (primary N) is 1. The lowest BCUT2D eigenvalue weighted by atomic mass is 10.1. The van der Waals surface area contributed by atoms with E-state index in [9.17, 15) is 5.11 Å². The van der Waals surface area contributed by atoms with Crippen molar-refractivity contribution < 1.29 is 5.11 Å². The molecule has 1 saturated heterocycles. The standard InChI is InChI=1S/C13H19N3OS/c1-10-2-4-11(5-3-10)16-12(14)15-8-13(17)6-7-18-9-13/h2-5,17H,6-9H2,1H3,(H3,14,15,16). The van der Waals surface area contributed by atoms with Gasteiger partial charge in [-0.1, -0.05) is 17.7 Å². The Balaban J connectivity index is 1.90. The molecule has 0 aromatic heterocycles. The number of rotatable bonds is 3. The highest BCUT2D eigenvalue weighted by Gasteiger charge is 2.31. The fourth-order valence-electron chi connectivity index (χ4n) is 1.78. The number of aliphatic hydroxyl groups is 1. The lowest BCUT2D eigenvalue weighted by Gasteiger charge is -2.18. The van der Waals surface area contributed by atoms with Crippen LogP contribution >= 0.6 is 11.8 Å². The molecule has 0 spiro atoms. The SMILES string of the molecule is Cc1ccc(NC(N)=NCC2(O)CCSC2)cc1. The van der Waals surface area contributed by atoms with Gasteiger partial charge in [-0.25, -0.2) is 0 Å². The smallest absolute Gasteiger partial charge is 0.193 e. The quantitative estimate of drug-likeness (QED) is 0.573. The molecule has 1 heterocycles. The molecule has 98 valence electrons. The first-order valence-electron chi connectivity index (χ1n) is 6.01. The topological polar surface area (TPSA) is 70.6 Å². The van der Waals surface area contributed by atoms with Crippen molar-refractivity contribution in [2.45, 2.75) is 18.9 Å². The van der Waals surface area contributed by atoms with E-state index in [0.29, 0.717) is 12.5 Å². The number of guanidine groups is 1. The minimum atomic E-state index is -0.676. The van der Waals surface area contributed by atoms with Crippen molar-refractivity contribution in [3.05, 3.63) is 29.8 Å². The molecular formula is C13H19N3OS. The van der Waals surface area contributed by atoms with E-state index < -0.39 is 5.60 Å². The minimum absolute atomic E-state index is 0.351. The van der Waals surface area contributed by atoms with E-state index in [1.165, 1.54) is 5.56 Å². The summed E-state index contributed by atoms with van der Waals surface area (Å²) in [6.45, 7) is 2.40. The first-order chi connectivity index (χ1) is 8.57.